The van der Waals surface area contributed by atoms with Gasteiger partial charge in [0.15, 0.2) is 0 Å². The highest BCUT2D eigenvalue weighted by Gasteiger charge is 2.36. The molecular formula is C8H11NO2. The molecule has 11 heavy (non-hydrogen) atoms. The van der Waals surface area contributed by atoms with Crippen molar-refractivity contribution >= 4 is 5.91 Å². The average molecular weight is 153 g/mol. The van der Waals surface area contributed by atoms with E-state index < -0.39 is 0 Å². The quantitative estimate of drug-likeness (QED) is 0.549. The van der Waals surface area contributed by atoms with Gasteiger partial charge in [-0.1, -0.05) is 0 Å². The van der Waals surface area contributed by atoms with Crippen LogP contribution < -0.4 is 0 Å². The van der Waals surface area contributed by atoms with Gasteiger partial charge < -0.3 is 9.64 Å². The van der Waals surface area contributed by atoms with Gasteiger partial charge in [-0.05, 0) is 12.8 Å². The van der Waals surface area contributed by atoms with E-state index in [9.17, 15) is 4.79 Å². The van der Waals surface area contributed by atoms with E-state index in [0.29, 0.717) is 0 Å². The number of hydrogen-bond acceptors (Lipinski definition) is 2. The molecule has 0 aromatic rings. The van der Waals surface area contributed by atoms with E-state index in [1.807, 2.05) is 4.90 Å². The van der Waals surface area contributed by atoms with Crippen molar-refractivity contribution in [2.24, 2.45) is 0 Å². The van der Waals surface area contributed by atoms with Crippen molar-refractivity contribution in [2.75, 3.05) is 13.7 Å². The lowest BCUT2D eigenvalue weighted by Gasteiger charge is -2.16. The monoisotopic (exact) mass is 153 g/mol. The first-order valence-corrected chi connectivity index (χ1v) is 3.89. The van der Waals surface area contributed by atoms with E-state index in [1.54, 1.807) is 13.2 Å². The second-order valence-corrected chi connectivity index (χ2v) is 2.94. The van der Waals surface area contributed by atoms with Gasteiger partial charge in [0.05, 0.1) is 13.2 Å². The third-order valence-electron chi connectivity index (χ3n) is 2.37. The number of rotatable bonds is 1. The molecule has 0 aromatic carbocycles. The lowest BCUT2D eigenvalue weighted by atomic mass is 10.2. The minimum Gasteiger partial charge on any atom is -0.499 e. The van der Waals surface area contributed by atoms with E-state index in [0.717, 1.165) is 25.1 Å². The molecule has 0 radical (unpaired) electrons. The summed E-state index contributed by atoms with van der Waals surface area (Å²) in [5.74, 6) is 0.955. The maximum atomic E-state index is 11.2. The molecule has 0 spiro atoms. The molecule has 2 heterocycles. The van der Waals surface area contributed by atoms with Crippen LogP contribution in [0.15, 0.2) is 11.8 Å². The SMILES string of the molecule is COC1=CC(=O)N2CCC[C@H]12. The van der Waals surface area contributed by atoms with Crippen molar-refractivity contribution in [3.63, 3.8) is 0 Å². The molecule has 0 aliphatic carbocycles. The Labute approximate surface area is 65.6 Å². The Hall–Kier alpha value is -0.990. The second-order valence-electron chi connectivity index (χ2n) is 2.94. The Bertz CT molecular complexity index is 222. The van der Waals surface area contributed by atoms with Gasteiger partial charge in [-0.2, -0.15) is 0 Å². The first-order valence-electron chi connectivity index (χ1n) is 3.89. The smallest absolute Gasteiger partial charge is 0.250 e. The number of carbonyl (C=O) groups excluding carboxylic acids is 1. The normalized spacial score (nSPS) is 28.8. The summed E-state index contributed by atoms with van der Waals surface area (Å²) in [4.78, 5) is 13.1. The highest BCUT2D eigenvalue weighted by molar-refractivity contribution is 5.91. The summed E-state index contributed by atoms with van der Waals surface area (Å²) in [5, 5.41) is 0. The van der Waals surface area contributed by atoms with Gasteiger partial charge in [0.25, 0.3) is 5.91 Å². The third kappa shape index (κ3) is 0.836. The zero-order valence-corrected chi connectivity index (χ0v) is 6.54. The lowest BCUT2D eigenvalue weighted by molar-refractivity contribution is -0.124. The van der Waals surface area contributed by atoms with Crippen LogP contribution in [0.25, 0.3) is 0 Å². The van der Waals surface area contributed by atoms with Crippen LogP contribution in [0.5, 0.6) is 0 Å². The zero-order valence-electron chi connectivity index (χ0n) is 6.54. The molecule has 0 unspecified atom stereocenters. The summed E-state index contributed by atoms with van der Waals surface area (Å²) in [6, 6.07) is 0.257. The van der Waals surface area contributed by atoms with Crippen molar-refractivity contribution in [1.29, 1.82) is 0 Å². The Morgan fingerprint density at radius 3 is 3.27 bits per heavy atom. The van der Waals surface area contributed by atoms with Crippen LogP contribution in [-0.4, -0.2) is 30.5 Å². The first kappa shape index (κ1) is 6.70. The predicted octanol–water partition coefficient (Wildman–Crippen LogP) is 0.521. The van der Waals surface area contributed by atoms with Crippen LogP contribution in [-0.2, 0) is 9.53 Å². The molecule has 3 heteroatoms. The van der Waals surface area contributed by atoms with Crippen LogP contribution in [0.4, 0.5) is 0 Å². The van der Waals surface area contributed by atoms with Crippen LogP contribution in [0, 0.1) is 0 Å². The lowest BCUT2D eigenvalue weighted by Crippen LogP contribution is -2.29. The van der Waals surface area contributed by atoms with Crippen LogP contribution >= 0.6 is 0 Å². The van der Waals surface area contributed by atoms with Crippen LogP contribution in [0.3, 0.4) is 0 Å². The fourth-order valence-corrected chi connectivity index (χ4v) is 1.82. The summed E-state index contributed by atoms with van der Waals surface area (Å²) < 4.78 is 5.09. The summed E-state index contributed by atoms with van der Waals surface area (Å²) >= 11 is 0. The minimum absolute atomic E-state index is 0.115. The van der Waals surface area contributed by atoms with Gasteiger partial charge in [0.1, 0.15) is 5.76 Å². The van der Waals surface area contributed by atoms with Gasteiger partial charge in [-0.25, -0.2) is 0 Å². The van der Waals surface area contributed by atoms with Crippen molar-refractivity contribution in [3.05, 3.63) is 11.8 Å². The van der Waals surface area contributed by atoms with Gasteiger partial charge in [0, 0.05) is 12.6 Å². The number of fused-ring (bicyclic) bond motifs is 1. The molecule has 2 aliphatic heterocycles. The number of methoxy groups -OCH3 is 1. The fraction of sp³-hybridized carbons (Fsp3) is 0.625. The molecule has 1 amide bonds. The summed E-state index contributed by atoms with van der Waals surface area (Å²) in [6.07, 6.45) is 3.77. The molecule has 2 rings (SSSR count). The van der Waals surface area contributed by atoms with E-state index >= 15 is 0 Å². The molecule has 60 valence electrons. The Balaban J connectivity index is 2.24. The van der Waals surface area contributed by atoms with E-state index in [2.05, 4.69) is 0 Å². The average Bonchev–Trinajstić information content (AvgIpc) is 2.54. The Morgan fingerprint density at radius 1 is 1.73 bits per heavy atom. The van der Waals surface area contributed by atoms with Crippen LogP contribution in [0.1, 0.15) is 12.8 Å². The van der Waals surface area contributed by atoms with Crippen molar-refractivity contribution < 1.29 is 9.53 Å². The van der Waals surface area contributed by atoms with Crippen molar-refractivity contribution in [1.82, 2.24) is 4.90 Å². The van der Waals surface area contributed by atoms with Crippen molar-refractivity contribution in [2.45, 2.75) is 18.9 Å². The van der Waals surface area contributed by atoms with Crippen molar-refractivity contribution in [3.8, 4) is 0 Å². The molecule has 3 nitrogen and oxygen atoms in total. The molecule has 2 aliphatic rings. The second kappa shape index (κ2) is 2.26. The Morgan fingerprint density at radius 2 is 2.55 bits per heavy atom. The van der Waals surface area contributed by atoms with Gasteiger partial charge in [-0.15, -0.1) is 0 Å². The number of hydrogen-bond donors (Lipinski definition) is 0. The topological polar surface area (TPSA) is 29.5 Å². The van der Waals surface area contributed by atoms with Crippen LogP contribution in [0.2, 0.25) is 0 Å². The molecule has 1 atom stereocenters. The maximum Gasteiger partial charge on any atom is 0.250 e. The number of ether oxygens (including phenoxy) is 1. The van der Waals surface area contributed by atoms with Gasteiger partial charge in [0.2, 0.25) is 0 Å². The largest absolute Gasteiger partial charge is 0.499 e. The zero-order chi connectivity index (χ0) is 7.84. The van der Waals surface area contributed by atoms with E-state index in [-0.39, 0.29) is 11.9 Å². The molecule has 0 N–H and O–H groups in total. The summed E-state index contributed by atoms with van der Waals surface area (Å²) in [5.41, 5.74) is 0. The molecule has 1 saturated heterocycles. The molecular weight excluding hydrogens is 142 g/mol. The molecule has 0 saturated carbocycles. The summed E-state index contributed by atoms with van der Waals surface area (Å²) in [7, 11) is 1.63. The fourth-order valence-electron chi connectivity index (χ4n) is 1.82. The molecule has 0 aromatic heterocycles. The van der Waals surface area contributed by atoms with Gasteiger partial charge in [-0.3, -0.25) is 4.79 Å². The standard InChI is InChI=1S/C8H11NO2/c1-11-7-5-8(10)9-4-2-3-6(7)9/h5-6H,2-4H2,1H3/t6-/m1/s1. The Kier molecular flexibility index (Phi) is 1.37. The third-order valence-corrected chi connectivity index (χ3v) is 2.37. The minimum atomic E-state index is 0.115. The van der Waals surface area contributed by atoms with Gasteiger partial charge >= 0.3 is 0 Å². The van der Waals surface area contributed by atoms with E-state index in [1.165, 1.54) is 0 Å². The highest BCUT2D eigenvalue weighted by atomic mass is 16.5. The highest BCUT2D eigenvalue weighted by Crippen LogP contribution is 2.29. The molecule has 1 fully saturated rings. The molecule has 0 bridgehead atoms. The summed E-state index contributed by atoms with van der Waals surface area (Å²) in [6.45, 7) is 0.896. The number of nitrogens with zero attached hydrogens (tertiary/aromatic N) is 1. The number of carbonyl (C=O) groups is 1. The first-order chi connectivity index (χ1) is 5.33. The predicted molar refractivity (Wildman–Crippen MR) is 39.8 cm³/mol. The number of amides is 1. The van der Waals surface area contributed by atoms with E-state index in [4.69, 9.17) is 4.74 Å². The maximum absolute atomic E-state index is 11.2.